The van der Waals surface area contributed by atoms with E-state index in [0.717, 1.165) is 12.8 Å². The molecular formula is C7H13O3PS. The van der Waals surface area contributed by atoms with Gasteiger partial charge in [-0.15, -0.1) is 0 Å². The molecule has 0 bridgehead atoms. The van der Waals surface area contributed by atoms with Crippen LogP contribution in [0, 0.1) is 5.92 Å². The number of hydrogen-bond donors (Lipinski definition) is 1. The van der Waals surface area contributed by atoms with Crippen molar-refractivity contribution >= 4 is 18.5 Å². The van der Waals surface area contributed by atoms with Crippen LogP contribution in [0.2, 0.25) is 0 Å². The van der Waals surface area contributed by atoms with Crippen LogP contribution in [0.5, 0.6) is 0 Å². The Hall–Kier alpha value is 0.530. The second-order valence-electron chi connectivity index (χ2n) is 3.45. The van der Waals surface area contributed by atoms with Gasteiger partial charge in [-0.25, -0.2) is 0 Å². The highest BCUT2D eigenvalue weighted by molar-refractivity contribution is 8.07. The van der Waals surface area contributed by atoms with Gasteiger partial charge in [0.25, 0.3) is 0 Å². The molecule has 2 rings (SSSR count). The van der Waals surface area contributed by atoms with E-state index in [1.165, 1.54) is 12.8 Å². The summed E-state index contributed by atoms with van der Waals surface area (Å²) in [5, 5.41) is 0. The molecule has 0 aromatic carbocycles. The highest BCUT2D eigenvalue weighted by Crippen LogP contribution is 2.52. The fourth-order valence-corrected chi connectivity index (χ4v) is 3.47. The van der Waals surface area contributed by atoms with Crippen LogP contribution in [0.1, 0.15) is 25.7 Å². The average Bonchev–Trinajstić information content (AvgIpc) is 2.02. The average molecular weight is 208 g/mol. The Bertz CT molecular complexity index is 221. The molecule has 0 aromatic rings. The smallest absolute Gasteiger partial charge is 0.324 e. The standard InChI is InChI=1S/C7H13O3PS/c8-11(12)9-5-6-3-1-2-4-7(6)10-11/h6-7H,1-5H2,(H,8,12). The first kappa shape index (κ1) is 9.10. The molecule has 1 N–H and O–H groups in total. The molecule has 3 nitrogen and oxygen atoms in total. The van der Waals surface area contributed by atoms with Gasteiger partial charge in [0.2, 0.25) is 0 Å². The molecule has 0 amide bonds. The molecule has 2 aliphatic rings. The molecule has 12 heavy (non-hydrogen) atoms. The Morgan fingerprint density at radius 1 is 1.33 bits per heavy atom. The van der Waals surface area contributed by atoms with Crippen LogP contribution in [0.3, 0.4) is 0 Å². The molecule has 0 aromatic heterocycles. The summed E-state index contributed by atoms with van der Waals surface area (Å²) in [6.07, 6.45) is 4.80. The maximum absolute atomic E-state index is 9.39. The van der Waals surface area contributed by atoms with Crippen molar-refractivity contribution in [3.63, 3.8) is 0 Å². The summed E-state index contributed by atoms with van der Waals surface area (Å²) in [7, 11) is 0. The fourth-order valence-electron chi connectivity index (χ4n) is 1.89. The molecule has 3 unspecified atom stereocenters. The monoisotopic (exact) mass is 208 g/mol. The second-order valence-corrected chi connectivity index (χ2v) is 6.24. The third kappa shape index (κ3) is 1.88. The minimum atomic E-state index is -2.84. The summed E-state index contributed by atoms with van der Waals surface area (Å²) in [6.45, 7) is -2.25. The molecule has 1 saturated heterocycles. The molecule has 3 atom stereocenters. The van der Waals surface area contributed by atoms with Crippen LogP contribution < -0.4 is 0 Å². The molecule has 1 aliphatic heterocycles. The Morgan fingerprint density at radius 3 is 2.92 bits per heavy atom. The summed E-state index contributed by atoms with van der Waals surface area (Å²) in [6, 6.07) is 0. The zero-order chi connectivity index (χ0) is 8.60. The van der Waals surface area contributed by atoms with Crippen molar-refractivity contribution in [2.24, 2.45) is 5.92 Å². The predicted molar refractivity (Wildman–Crippen MR) is 49.3 cm³/mol. The molecule has 5 heteroatoms. The normalized spacial score (nSPS) is 48.4. The van der Waals surface area contributed by atoms with Gasteiger partial charge in [-0.05, 0) is 24.6 Å². The third-order valence-corrected chi connectivity index (χ3v) is 4.15. The van der Waals surface area contributed by atoms with Gasteiger partial charge in [-0.1, -0.05) is 12.8 Å². The lowest BCUT2D eigenvalue weighted by atomic mass is 9.87. The number of fused-ring (bicyclic) bond motifs is 1. The first-order chi connectivity index (χ1) is 5.67. The van der Waals surface area contributed by atoms with E-state index in [1.54, 1.807) is 0 Å². The first-order valence-corrected chi connectivity index (χ1v) is 6.92. The lowest BCUT2D eigenvalue weighted by molar-refractivity contribution is -0.000807. The van der Waals surface area contributed by atoms with Gasteiger partial charge in [-0.3, -0.25) is 0 Å². The summed E-state index contributed by atoms with van der Waals surface area (Å²) in [5.41, 5.74) is 0. The topological polar surface area (TPSA) is 38.7 Å². The minimum absolute atomic E-state index is 0.170. The quantitative estimate of drug-likeness (QED) is 0.616. The van der Waals surface area contributed by atoms with Crippen LogP contribution in [0.4, 0.5) is 0 Å². The van der Waals surface area contributed by atoms with E-state index in [1.807, 2.05) is 0 Å². The maximum Gasteiger partial charge on any atom is 0.324 e. The Morgan fingerprint density at radius 2 is 2.08 bits per heavy atom. The molecule has 70 valence electrons. The van der Waals surface area contributed by atoms with Gasteiger partial charge in [0.1, 0.15) is 0 Å². The first-order valence-electron chi connectivity index (χ1n) is 4.33. The van der Waals surface area contributed by atoms with Gasteiger partial charge < -0.3 is 13.9 Å². The van der Waals surface area contributed by atoms with Crippen LogP contribution in [-0.4, -0.2) is 17.6 Å². The zero-order valence-corrected chi connectivity index (χ0v) is 8.52. The molecular weight excluding hydrogens is 195 g/mol. The largest absolute Gasteiger partial charge is 0.324 e. The molecule has 2 fully saturated rings. The highest BCUT2D eigenvalue weighted by Gasteiger charge is 2.36. The highest BCUT2D eigenvalue weighted by atomic mass is 32.5. The summed E-state index contributed by atoms with van der Waals surface area (Å²) in [5.74, 6) is 0.474. The van der Waals surface area contributed by atoms with Crippen LogP contribution >= 0.6 is 6.72 Å². The summed E-state index contributed by atoms with van der Waals surface area (Å²) >= 11 is 4.79. The van der Waals surface area contributed by atoms with E-state index in [0.29, 0.717) is 12.5 Å². The van der Waals surface area contributed by atoms with E-state index >= 15 is 0 Å². The predicted octanol–water partition coefficient (Wildman–Crippen LogP) is 1.81. The number of hydrogen-bond acceptors (Lipinski definition) is 3. The van der Waals surface area contributed by atoms with Gasteiger partial charge in [0.05, 0.1) is 12.7 Å². The minimum Gasteiger partial charge on any atom is -0.324 e. The third-order valence-electron chi connectivity index (χ3n) is 2.56. The molecule has 1 saturated carbocycles. The van der Waals surface area contributed by atoms with Crippen molar-refractivity contribution in [2.75, 3.05) is 6.61 Å². The molecule has 1 aliphatic carbocycles. The van der Waals surface area contributed by atoms with E-state index < -0.39 is 6.72 Å². The van der Waals surface area contributed by atoms with E-state index in [-0.39, 0.29) is 6.10 Å². The second kappa shape index (κ2) is 3.35. The summed E-state index contributed by atoms with van der Waals surface area (Å²) < 4.78 is 10.4. The zero-order valence-electron chi connectivity index (χ0n) is 6.81. The van der Waals surface area contributed by atoms with Crippen molar-refractivity contribution in [3.8, 4) is 0 Å². The Labute approximate surface area is 77.3 Å². The van der Waals surface area contributed by atoms with Crippen molar-refractivity contribution < 1.29 is 13.9 Å². The Kier molecular flexibility index (Phi) is 2.54. The number of rotatable bonds is 0. The van der Waals surface area contributed by atoms with E-state index in [2.05, 4.69) is 0 Å². The van der Waals surface area contributed by atoms with Gasteiger partial charge in [0, 0.05) is 5.92 Å². The lowest BCUT2D eigenvalue weighted by Crippen LogP contribution is -2.34. The van der Waals surface area contributed by atoms with Gasteiger partial charge in [-0.2, -0.15) is 0 Å². The molecule has 0 radical (unpaired) electrons. The van der Waals surface area contributed by atoms with Crippen molar-refractivity contribution in [1.82, 2.24) is 0 Å². The molecule has 0 spiro atoms. The molecule has 1 heterocycles. The Balaban J connectivity index is 2.03. The van der Waals surface area contributed by atoms with Crippen LogP contribution in [0.25, 0.3) is 0 Å². The fraction of sp³-hybridized carbons (Fsp3) is 1.00. The van der Waals surface area contributed by atoms with E-state index in [4.69, 9.17) is 20.9 Å². The maximum atomic E-state index is 9.39. The van der Waals surface area contributed by atoms with Crippen molar-refractivity contribution in [3.05, 3.63) is 0 Å². The van der Waals surface area contributed by atoms with Crippen molar-refractivity contribution in [2.45, 2.75) is 31.8 Å². The van der Waals surface area contributed by atoms with Crippen LogP contribution in [-0.2, 0) is 20.9 Å². The SMILES string of the molecule is OP1(=S)OCC2CCCCC2O1. The van der Waals surface area contributed by atoms with Gasteiger partial charge >= 0.3 is 6.72 Å². The van der Waals surface area contributed by atoms with Crippen molar-refractivity contribution in [1.29, 1.82) is 0 Å². The lowest BCUT2D eigenvalue weighted by Gasteiger charge is -2.38. The van der Waals surface area contributed by atoms with E-state index in [9.17, 15) is 4.89 Å². The summed E-state index contributed by atoms with van der Waals surface area (Å²) in [4.78, 5) is 9.39. The van der Waals surface area contributed by atoms with Gasteiger partial charge in [0.15, 0.2) is 0 Å². The van der Waals surface area contributed by atoms with Crippen LogP contribution in [0.15, 0.2) is 0 Å².